The van der Waals surface area contributed by atoms with E-state index in [-0.39, 0.29) is 5.91 Å². The minimum absolute atomic E-state index is 0.174. The van der Waals surface area contributed by atoms with Crippen molar-refractivity contribution in [2.45, 2.75) is 41.0 Å². The van der Waals surface area contributed by atoms with E-state index in [4.69, 9.17) is 5.73 Å². The molecule has 1 unspecified atom stereocenters. The van der Waals surface area contributed by atoms with E-state index in [2.05, 4.69) is 13.8 Å². The highest BCUT2D eigenvalue weighted by molar-refractivity contribution is 5.82. The fourth-order valence-electron chi connectivity index (χ4n) is 1.38. The molecule has 2 N–H and O–H groups in total. The van der Waals surface area contributed by atoms with Crippen molar-refractivity contribution >= 4 is 5.91 Å². The Kier molecular flexibility index (Phi) is 5.88. The number of nitrogens with zero attached hydrogens (tertiary/aromatic N) is 1. The van der Waals surface area contributed by atoms with Crippen molar-refractivity contribution in [1.82, 2.24) is 4.90 Å². The van der Waals surface area contributed by atoms with Gasteiger partial charge >= 0.3 is 0 Å². The summed E-state index contributed by atoms with van der Waals surface area (Å²) in [6.07, 6.45) is 1.10. The maximum absolute atomic E-state index is 12.1. The minimum Gasteiger partial charge on any atom is -0.342 e. The van der Waals surface area contributed by atoms with Crippen molar-refractivity contribution in [3.05, 3.63) is 0 Å². The van der Waals surface area contributed by atoms with E-state index in [9.17, 15) is 4.79 Å². The van der Waals surface area contributed by atoms with Crippen molar-refractivity contribution in [2.75, 3.05) is 19.6 Å². The van der Waals surface area contributed by atoms with Crippen LogP contribution in [-0.2, 0) is 4.79 Å². The van der Waals surface area contributed by atoms with Crippen LogP contribution in [0.4, 0.5) is 0 Å². The van der Waals surface area contributed by atoms with Crippen LogP contribution in [0.5, 0.6) is 0 Å². The van der Waals surface area contributed by atoms with Crippen LogP contribution in [0, 0.1) is 11.3 Å². The van der Waals surface area contributed by atoms with Crippen molar-refractivity contribution < 1.29 is 4.79 Å². The van der Waals surface area contributed by atoms with Gasteiger partial charge in [-0.15, -0.1) is 0 Å². The second-order valence-electron chi connectivity index (χ2n) is 4.95. The molecule has 0 aromatic heterocycles. The Labute approximate surface area is 94.0 Å². The van der Waals surface area contributed by atoms with Crippen molar-refractivity contribution in [1.29, 1.82) is 0 Å². The number of carbonyl (C=O) groups is 1. The molecule has 1 atom stereocenters. The second kappa shape index (κ2) is 6.11. The van der Waals surface area contributed by atoms with Crippen LogP contribution in [0.2, 0.25) is 0 Å². The Bertz CT molecular complexity index is 202. The normalized spacial score (nSPS) is 13.7. The molecule has 0 aliphatic rings. The van der Waals surface area contributed by atoms with Gasteiger partial charge in [0, 0.05) is 19.6 Å². The molecular weight excluding hydrogens is 188 g/mol. The number of nitrogens with two attached hydrogens (primary N) is 1. The van der Waals surface area contributed by atoms with E-state index in [0.717, 1.165) is 19.5 Å². The molecule has 0 saturated heterocycles. The first-order valence-corrected chi connectivity index (χ1v) is 5.88. The molecular formula is C12H26N2O. The number of amides is 1. The lowest BCUT2D eigenvalue weighted by molar-refractivity contribution is -0.140. The van der Waals surface area contributed by atoms with E-state index in [0.29, 0.717) is 12.5 Å². The Morgan fingerprint density at radius 1 is 1.40 bits per heavy atom. The van der Waals surface area contributed by atoms with Gasteiger partial charge in [0.25, 0.3) is 0 Å². The van der Waals surface area contributed by atoms with Crippen molar-refractivity contribution in [3.63, 3.8) is 0 Å². The van der Waals surface area contributed by atoms with Crippen LogP contribution in [0.3, 0.4) is 0 Å². The number of carbonyl (C=O) groups excluding carboxylic acids is 1. The van der Waals surface area contributed by atoms with Gasteiger partial charge in [-0.05, 0) is 26.7 Å². The first-order chi connectivity index (χ1) is 6.88. The molecule has 90 valence electrons. The quantitative estimate of drug-likeness (QED) is 0.733. The Hall–Kier alpha value is -0.570. The Morgan fingerprint density at radius 2 is 1.93 bits per heavy atom. The summed E-state index contributed by atoms with van der Waals surface area (Å²) in [5.41, 5.74) is 5.19. The van der Waals surface area contributed by atoms with Crippen molar-refractivity contribution in [2.24, 2.45) is 17.1 Å². The zero-order chi connectivity index (χ0) is 12.1. The molecule has 0 rings (SSSR count). The van der Waals surface area contributed by atoms with Gasteiger partial charge < -0.3 is 10.6 Å². The predicted molar refractivity (Wildman–Crippen MR) is 64.5 cm³/mol. The first kappa shape index (κ1) is 14.4. The fourth-order valence-corrected chi connectivity index (χ4v) is 1.38. The molecule has 0 heterocycles. The third kappa shape index (κ3) is 4.20. The van der Waals surface area contributed by atoms with Gasteiger partial charge in [0.15, 0.2) is 0 Å². The summed E-state index contributed by atoms with van der Waals surface area (Å²) in [4.78, 5) is 14.0. The first-order valence-electron chi connectivity index (χ1n) is 5.88. The van der Waals surface area contributed by atoms with Crippen LogP contribution in [0.1, 0.15) is 41.0 Å². The number of rotatable bonds is 6. The Morgan fingerprint density at radius 3 is 2.27 bits per heavy atom. The molecule has 0 aromatic carbocycles. The summed E-state index contributed by atoms with van der Waals surface area (Å²) >= 11 is 0. The van der Waals surface area contributed by atoms with Crippen LogP contribution in [-0.4, -0.2) is 30.4 Å². The van der Waals surface area contributed by atoms with E-state index in [1.54, 1.807) is 0 Å². The van der Waals surface area contributed by atoms with Gasteiger partial charge in [-0.25, -0.2) is 0 Å². The van der Waals surface area contributed by atoms with E-state index in [1.165, 1.54) is 0 Å². The standard InChI is InChI=1S/C12H26N2O/c1-6-10(3)8-14(7-2)11(15)12(4,5)9-13/h10H,6-9,13H2,1-5H3. The molecule has 0 radical (unpaired) electrons. The van der Waals surface area contributed by atoms with E-state index < -0.39 is 5.41 Å². The summed E-state index contributed by atoms with van der Waals surface area (Å²) in [5, 5.41) is 0. The maximum atomic E-state index is 12.1. The lowest BCUT2D eigenvalue weighted by Crippen LogP contribution is -2.46. The molecule has 0 aliphatic carbocycles. The van der Waals surface area contributed by atoms with E-state index >= 15 is 0 Å². The number of hydrogen-bond acceptors (Lipinski definition) is 2. The molecule has 0 bridgehead atoms. The summed E-state index contributed by atoms with van der Waals surface area (Å²) in [7, 11) is 0. The SMILES string of the molecule is CCC(C)CN(CC)C(=O)C(C)(C)CN. The van der Waals surface area contributed by atoms with Crippen LogP contribution >= 0.6 is 0 Å². The zero-order valence-electron chi connectivity index (χ0n) is 10.8. The topological polar surface area (TPSA) is 46.3 Å². The largest absolute Gasteiger partial charge is 0.342 e. The van der Waals surface area contributed by atoms with Gasteiger partial charge in [-0.1, -0.05) is 20.3 Å². The van der Waals surface area contributed by atoms with Gasteiger partial charge in [-0.2, -0.15) is 0 Å². The predicted octanol–water partition coefficient (Wildman–Crippen LogP) is 1.87. The van der Waals surface area contributed by atoms with Crippen LogP contribution in [0.15, 0.2) is 0 Å². The van der Waals surface area contributed by atoms with Gasteiger partial charge in [0.2, 0.25) is 5.91 Å². The lowest BCUT2D eigenvalue weighted by atomic mass is 9.91. The lowest BCUT2D eigenvalue weighted by Gasteiger charge is -2.32. The molecule has 0 aliphatic heterocycles. The highest BCUT2D eigenvalue weighted by atomic mass is 16.2. The van der Waals surface area contributed by atoms with Crippen LogP contribution < -0.4 is 5.73 Å². The molecule has 15 heavy (non-hydrogen) atoms. The average molecular weight is 214 g/mol. The average Bonchev–Trinajstić information content (AvgIpc) is 2.24. The second-order valence-corrected chi connectivity index (χ2v) is 4.95. The molecule has 0 spiro atoms. The summed E-state index contributed by atoms with van der Waals surface area (Å²) in [6.45, 7) is 12.2. The van der Waals surface area contributed by atoms with Gasteiger partial charge in [-0.3, -0.25) is 4.79 Å². The molecule has 1 amide bonds. The van der Waals surface area contributed by atoms with E-state index in [1.807, 2.05) is 25.7 Å². The highest BCUT2D eigenvalue weighted by Crippen LogP contribution is 2.18. The van der Waals surface area contributed by atoms with Gasteiger partial charge in [0.1, 0.15) is 0 Å². The zero-order valence-corrected chi connectivity index (χ0v) is 10.8. The number of hydrogen-bond donors (Lipinski definition) is 1. The highest BCUT2D eigenvalue weighted by Gasteiger charge is 2.30. The molecule has 0 saturated carbocycles. The van der Waals surface area contributed by atoms with Gasteiger partial charge in [0.05, 0.1) is 5.41 Å². The molecule has 0 fully saturated rings. The molecule has 0 aromatic rings. The fraction of sp³-hybridized carbons (Fsp3) is 0.917. The monoisotopic (exact) mass is 214 g/mol. The minimum atomic E-state index is -0.427. The molecule has 3 nitrogen and oxygen atoms in total. The van der Waals surface area contributed by atoms with Crippen LogP contribution in [0.25, 0.3) is 0 Å². The summed E-state index contributed by atoms with van der Waals surface area (Å²) < 4.78 is 0. The molecule has 3 heteroatoms. The van der Waals surface area contributed by atoms with Crippen molar-refractivity contribution in [3.8, 4) is 0 Å². The Balaban J connectivity index is 4.47. The maximum Gasteiger partial charge on any atom is 0.229 e. The smallest absolute Gasteiger partial charge is 0.229 e. The summed E-state index contributed by atoms with van der Waals surface area (Å²) in [6, 6.07) is 0. The third-order valence-electron chi connectivity index (χ3n) is 2.99. The third-order valence-corrected chi connectivity index (χ3v) is 2.99. The summed E-state index contributed by atoms with van der Waals surface area (Å²) in [5.74, 6) is 0.732.